The number of terminal acetylenes is 1. The second kappa shape index (κ2) is 3.46. The monoisotopic (exact) mass is 288 g/mol. The summed E-state index contributed by atoms with van der Waals surface area (Å²) in [6.45, 7) is 3.47. The Morgan fingerprint density at radius 2 is 1.62 bits per heavy atom. The molecular weight excluding hydrogens is 279 g/mol. The Labute approximate surface area is 90.7 Å². The van der Waals surface area contributed by atoms with Gasteiger partial charge in [-0.1, -0.05) is 5.92 Å². The number of benzene rings is 1. The van der Waals surface area contributed by atoms with Crippen LogP contribution < -0.4 is 0 Å². The summed E-state index contributed by atoms with van der Waals surface area (Å²) in [7, 11) is 0. The Balaban J connectivity index is 3.69. The van der Waals surface area contributed by atoms with Gasteiger partial charge >= 0.3 is 0 Å². The molecule has 0 amide bonds. The fraction of sp³-hybridized carbons (Fsp3) is 0.200. The maximum Gasteiger partial charge on any atom is 0.135 e. The highest BCUT2D eigenvalue weighted by Crippen LogP contribution is 2.36. The van der Waals surface area contributed by atoms with E-state index in [-0.39, 0.29) is 11.5 Å². The van der Waals surface area contributed by atoms with Crippen LogP contribution in [0.1, 0.15) is 16.7 Å². The third-order valence-electron chi connectivity index (χ3n) is 2.08. The van der Waals surface area contributed by atoms with Crippen LogP contribution in [0.5, 0.6) is 11.5 Å². The lowest BCUT2D eigenvalue weighted by atomic mass is 10.0. The summed E-state index contributed by atoms with van der Waals surface area (Å²) in [5, 5.41) is 19.2. The zero-order chi connectivity index (χ0) is 10.2. The van der Waals surface area contributed by atoms with Gasteiger partial charge in [-0.15, -0.1) is 6.42 Å². The van der Waals surface area contributed by atoms with Gasteiger partial charge in [0.2, 0.25) is 0 Å². The number of phenolic OH excluding ortho intramolecular Hbond substituents is 2. The number of aromatic hydroxyl groups is 2. The summed E-state index contributed by atoms with van der Waals surface area (Å²) in [6, 6.07) is 0. The first-order valence-electron chi connectivity index (χ1n) is 3.67. The second-order valence-electron chi connectivity index (χ2n) is 2.78. The molecular formula is C10H9IO2. The molecule has 0 saturated heterocycles. The molecule has 1 rings (SSSR count). The minimum atomic E-state index is 0.0854. The van der Waals surface area contributed by atoms with E-state index in [0.29, 0.717) is 20.3 Å². The minimum Gasteiger partial charge on any atom is -0.507 e. The normalized spacial score (nSPS) is 9.69. The molecule has 3 heteroatoms. The van der Waals surface area contributed by atoms with Gasteiger partial charge in [0.15, 0.2) is 0 Å². The molecule has 0 atom stereocenters. The molecule has 0 fully saturated rings. The molecule has 1 aromatic rings. The molecule has 1 aromatic carbocycles. The van der Waals surface area contributed by atoms with E-state index in [0.717, 1.165) is 0 Å². The summed E-state index contributed by atoms with van der Waals surface area (Å²) in [5.41, 5.74) is 1.66. The predicted octanol–water partition coefficient (Wildman–Crippen LogP) is 2.30. The van der Waals surface area contributed by atoms with Crippen LogP contribution >= 0.6 is 22.6 Å². The molecule has 2 N–H and O–H groups in total. The summed E-state index contributed by atoms with van der Waals surface area (Å²) in [5.74, 6) is 2.60. The topological polar surface area (TPSA) is 40.5 Å². The fourth-order valence-corrected chi connectivity index (χ4v) is 1.88. The maximum absolute atomic E-state index is 9.63. The average Bonchev–Trinajstić information content (AvgIpc) is 2.13. The van der Waals surface area contributed by atoms with Crippen molar-refractivity contribution in [2.24, 2.45) is 0 Å². The molecule has 0 radical (unpaired) electrons. The van der Waals surface area contributed by atoms with Gasteiger partial charge in [0.25, 0.3) is 0 Å². The molecule has 0 spiro atoms. The Hall–Kier alpha value is -0.890. The van der Waals surface area contributed by atoms with E-state index in [1.54, 1.807) is 13.8 Å². The Morgan fingerprint density at radius 3 is 2.08 bits per heavy atom. The van der Waals surface area contributed by atoms with Crippen molar-refractivity contribution in [2.75, 3.05) is 0 Å². The Morgan fingerprint density at radius 1 is 1.15 bits per heavy atom. The van der Waals surface area contributed by atoms with E-state index in [4.69, 9.17) is 6.42 Å². The molecule has 0 aliphatic carbocycles. The molecule has 0 bridgehead atoms. The quantitative estimate of drug-likeness (QED) is 0.437. The van der Waals surface area contributed by atoms with Crippen molar-refractivity contribution in [1.29, 1.82) is 0 Å². The van der Waals surface area contributed by atoms with Gasteiger partial charge in [-0.05, 0) is 47.6 Å². The van der Waals surface area contributed by atoms with Crippen molar-refractivity contribution in [3.63, 3.8) is 0 Å². The minimum absolute atomic E-state index is 0.0854. The van der Waals surface area contributed by atoms with Crippen LogP contribution in [0.4, 0.5) is 0 Å². The Kier molecular flexibility index (Phi) is 2.71. The van der Waals surface area contributed by atoms with Crippen molar-refractivity contribution >= 4 is 22.6 Å². The molecule has 13 heavy (non-hydrogen) atoms. The van der Waals surface area contributed by atoms with Crippen molar-refractivity contribution in [1.82, 2.24) is 0 Å². The molecule has 68 valence electrons. The third kappa shape index (κ3) is 1.46. The number of halogens is 1. The highest BCUT2D eigenvalue weighted by molar-refractivity contribution is 14.1. The number of rotatable bonds is 0. The van der Waals surface area contributed by atoms with Crippen LogP contribution in [0.15, 0.2) is 0 Å². The molecule has 0 aromatic heterocycles. The summed E-state index contributed by atoms with van der Waals surface area (Å²) in [4.78, 5) is 0. The van der Waals surface area contributed by atoms with Crippen LogP contribution in [-0.4, -0.2) is 10.2 Å². The van der Waals surface area contributed by atoms with E-state index < -0.39 is 0 Å². The van der Waals surface area contributed by atoms with Gasteiger partial charge in [-0.3, -0.25) is 0 Å². The van der Waals surface area contributed by atoms with E-state index in [9.17, 15) is 10.2 Å². The first-order valence-corrected chi connectivity index (χ1v) is 4.75. The second-order valence-corrected chi connectivity index (χ2v) is 3.86. The lowest BCUT2D eigenvalue weighted by Gasteiger charge is -2.10. The lowest BCUT2D eigenvalue weighted by molar-refractivity contribution is 0.448. The summed E-state index contributed by atoms with van der Waals surface area (Å²) in [6.07, 6.45) is 5.21. The fourth-order valence-electron chi connectivity index (χ4n) is 1.06. The first kappa shape index (κ1) is 10.2. The number of phenols is 2. The Bertz CT molecular complexity index is 373. The standard InChI is InChI=1S/C10H9IO2/c1-4-7-8(11)10(13)6(3)5(2)9(7)12/h1,12-13H,2-3H3. The van der Waals surface area contributed by atoms with Crippen molar-refractivity contribution in [3.05, 3.63) is 20.3 Å². The van der Waals surface area contributed by atoms with Crippen LogP contribution in [0.3, 0.4) is 0 Å². The van der Waals surface area contributed by atoms with Gasteiger partial charge < -0.3 is 10.2 Å². The maximum atomic E-state index is 9.63. The van der Waals surface area contributed by atoms with Gasteiger partial charge in [-0.2, -0.15) is 0 Å². The smallest absolute Gasteiger partial charge is 0.135 e. The van der Waals surface area contributed by atoms with Crippen molar-refractivity contribution in [3.8, 4) is 23.8 Å². The largest absolute Gasteiger partial charge is 0.507 e. The van der Waals surface area contributed by atoms with Crippen molar-refractivity contribution in [2.45, 2.75) is 13.8 Å². The van der Waals surface area contributed by atoms with Crippen LogP contribution in [-0.2, 0) is 0 Å². The zero-order valence-corrected chi connectivity index (χ0v) is 9.51. The predicted molar refractivity (Wildman–Crippen MR) is 59.9 cm³/mol. The van der Waals surface area contributed by atoms with Crippen LogP contribution in [0.25, 0.3) is 0 Å². The lowest BCUT2D eigenvalue weighted by Crippen LogP contribution is -1.92. The summed E-state index contributed by atoms with van der Waals surface area (Å²) >= 11 is 1.92. The molecule has 0 aliphatic rings. The van der Waals surface area contributed by atoms with Crippen LogP contribution in [0.2, 0.25) is 0 Å². The molecule has 0 saturated carbocycles. The molecule has 0 unspecified atom stereocenters. The van der Waals surface area contributed by atoms with Gasteiger partial charge in [-0.25, -0.2) is 0 Å². The molecule has 0 heterocycles. The van der Waals surface area contributed by atoms with Gasteiger partial charge in [0, 0.05) is 0 Å². The molecule has 2 nitrogen and oxygen atoms in total. The third-order valence-corrected chi connectivity index (χ3v) is 3.13. The van der Waals surface area contributed by atoms with Gasteiger partial charge in [0.05, 0.1) is 9.13 Å². The van der Waals surface area contributed by atoms with E-state index in [2.05, 4.69) is 5.92 Å². The number of hydrogen-bond acceptors (Lipinski definition) is 2. The van der Waals surface area contributed by atoms with Gasteiger partial charge in [0.1, 0.15) is 11.5 Å². The highest BCUT2D eigenvalue weighted by Gasteiger charge is 2.15. The van der Waals surface area contributed by atoms with Crippen LogP contribution in [0, 0.1) is 29.8 Å². The molecule has 0 aliphatic heterocycles. The van der Waals surface area contributed by atoms with Crippen molar-refractivity contribution < 1.29 is 10.2 Å². The SMILES string of the molecule is C#Cc1c(O)c(C)c(C)c(O)c1I. The summed E-state index contributed by atoms with van der Waals surface area (Å²) < 4.78 is 0.528. The average molecular weight is 288 g/mol. The highest BCUT2D eigenvalue weighted by atomic mass is 127. The first-order chi connectivity index (χ1) is 6.00. The van der Waals surface area contributed by atoms with E-state index in [1.807, 2.05) is 22.6 Å². The number of hydrogen-bond donors (Lipinski definition) is 2. The zero-order valence-electron chi connectivity index (χ0n) is 7.35. The van der Waals surface area contributed by atoms with E-state index >= 15 is 0 Å². The van der Waals surface area contributed by atoms with E-state index in [1.165, 1.54) is 0 Å².